The number of imide groups is 1. The topological polar surface area (TPSA) is 37.4 Å². The highest BCUT2D eigenvalue weighted by molar-refractivity contribution is 8.04. The van der Waals surface area contributed by atoms with E-state index in [-0.39, 0.29) is 16.0 Å². The first kappa shape index (κ1) is 19.6. The fourth-order valence-electron chi connectivity index (χ4n) is 2.86. The second-order valence-electron chi connectivity index (χ2n) is 6.71. The molecule has 27 heavy (non-hydrogen) atoms. The zero-order valence-corrected chi connectivity index (χ0v) is 17.0. The molecule has 2 aromatic rings. The van der Waals surface area contributed by atoms with Crippen LogP contribution in [0.1, 0.15) is 30.5 Å². The van der Waals surface area contributed by atoms with Gasteiger partial charge in [-0.15, -0.1) is 11.8 Å². The number of rotatable bonds is 4. The second kappa shape index (κ2) is 7.49. The molecule has 3 nitrogen and oxygen atoms in total. The summed E-state index contributed by atoms with van der Waals surface area (Å²) in [5.41, 5.74) is 3.49. The minimum Gasteiger partial charge on any atom is -0.268 e. The lowest BCUT2D eigenvalue weighted by atomic mass is 10.0. The Morgan fingerprint density at radius 3 is 2.30 bits per heavy atom. The average molecular weight is 404 g/mol. The molecule has 0 saturated carbocycles. The van der Waals surface area contributed by atoms with Crippen molar-refractivity contribution in [2.45, 2.75) is 32.9 Å². The summed E-state index contributed by atoms with van der Waals surface area (Å²) in [7, 11) is 0. The minimum absolute atomic E-state index is 0.120. The van der Waals surface area contributed by atoms with Crippen molar-refractivity contribution in [3.05, 3.63) is 68.8 Å². The molecule has 0 aliphatic carbocycles. The zero-order chi connectivity index (χ0) is 19.9. The molecule has 0 bridgehead atoms. The van der Waals surface area contributed by atoms with Gasteiger partial charge in [-0.2, -0.15) is 0 Å². The van der Waals surface area contributed by atoms with E-state index in [4.69, 9.17) is 11.6 Å². The number of anilines is 1. The van der Waals surface area contributed by atoms with E-state index in [0.29, 0.717) is 16.0 Å². The number of benzene rings is 2. The maximum Gasteiger partial charge on any atom is 0.272 e. The molecule has 0 radical (unpaired) electrons. The number of halogens is 2. The third-order valence-electron chi connectivity index (χ3n) is 4.35. The average Bonchev–Trinajstić information content (AvgIpc) is 2.83. The minimum atomic E-state index is -0.598. The van der Waals surface area contributed by atoms with Gasteiger partial charge >= 0.3 is 0 Å². The van der Waals surface area contributed by atoms with E-state index in [1.54, 1.807) is 0 Å². The van der Waals surface area contributed by atoms with Crippen LogP contribution in [0.15, 0.2) is 41.3 Å². The van der Waals surface area contributed by atoms with Gasteiger partial charge in [0, 0.05) is 5.25 Å². The van der Waals surface area contributed by atoms with Gasteiger partial charge in [-0.1, -0.05) is 43.6 Å². The predicted octanol–water partition coefficient (Wildman–Crippen LogP) is 5.52. The lowest BCUT2D eigenvalue weighted by Crippen LogP contribution is -2.31. The fourth-order valence-corrected chi connectivity index (χ4v) is 4.03. The molecular weight excluding hydrogens is 385 g/mol. The molecule has 0 saturated heterocycles. The van der Waals surface area contributed by atoms with E-state index >= 15 is 0 Å². The summed E-state index contributed by atoms with van der Waals surface area (Å²) in [5.74, 6) is -1.43. The number of hydrogen-bond acceptors (Lipinski definition) is 3. The normalized spacial score (nSPS) is 14.7. The van der Waals surface area contributed by atoms with Crippen molar-refractivity contribution in [1.29, 1.82) is 0 Å². The zero-order valence-electron chi connectivity index (χ0n) is 15.5. The summed E-state index contributed by atoms with van der Waals surface area (Å²) in [5, 5.41) is -0.0131. The monoisotopic (exact) mass is 403 g/mol. The van der Waals surface area contributed by atoms with Crippen LogP contribution in [-0.2, 0) is 9.59 Å². The number of carbonyl (C=O) groups excluding carboxylic acids is 2. The van der Waals surface area contributed by atoms with Crippen molar-refractivity contribution in [3.8, 4) is 0 Å². The number of aryl methyl sites for hydroxylation is 2. The third-order valence-corrected chi connectivity index (χ3v) is 5.73. The van der Waals surface area contributed by atoms with Crippen LogP contribution in [0.2, 0.25) is 5.02 Å². The quantitative estimate of drug-likeness (QED) is 0.630. The van der Waals surface area contributed by atoms with Gasteiger partial charge in [0.25, 0.3) is 11.8 Å². The van der Waals surface area contributed by atoms with E-state index < -0.39 is 17.6 Å². The van der Waals surface area contributed by atoms with Gasteiger partial charge in [-0.3, -0.25) is 9.59 Å². The Morgan fingerprint density at radius 1 is 1.00 bits per heavy atom. The molecule has 3 rings (SSSR count). The van der Waals surface area contributed by atoms with Crippen molar-refractivity contribution in [3.63, 3.8) is 0 Å². The molecule has 0 unspecified atom stereocenters. The summed E-state index contributed by atoms with van der Waals surface area (Å²) < 4.78 is 13.5. The van der Waals surface area contributed by atoms with E-state index in [1.165, 1.54) is 23.9 Å². The maximum atomic E-state index is 13.5. The Kier molecular flexibility index (Phi) is 5.45. The summed E-state index contributed by atoms with van der Waals surface area (Å²) in [4.78, 5) is 27.7. The first-order chi connectivity index (χ1) is 12.7. The van der Waals surface area contributed by atoms with Crippen LogP contribution in [0.25, 0.3) is 5.57 Å². The van der Waals surface area contributed by atoms with Crippen molar-refractivity contribution >= 4 is 46.4 Å². The lowest BCUT2D eigenvalue weighted by molar-refractivity contribution is -0.119. The van der Waals surface area contributed by atoms with Gasteiger partial charge in [0.2, 0.25) is 0 Å². The summed E-state index contributed by atoms with van der Waals surface area (Å²) in [6.45, 7) is 7.88. The molecule has 0 spiro atoms. The van der Waals surface area contributed by atoms with Crippen LogP contribution in [0.5, 0.6) is 0 Å². The molecule has 1 heterocycles. The molecule has 0 N–H and O–H groups in total. The van der Waals surface area contributed by atoms with Crippen LogP contribution >= 0.6 is 23.4 Å². The largest absolute Gasteiger partial charge is 0.272 e. The van der Waals surface area contributed by atoms with E-state index in [1.807, 2.05) is 45.9 Å². The van der Waals surface area contributed by atoms with Gasteiger partial charge in [0.05, 0.1) is 21.2 Å². The van der Waals surface area contributed by atoms with Crippen LogP contribution in [0, 0.1) is 19.7 Å². The molecule has 0 atom stereocenters. The van der Waals surface area contributed by atoms with Gasteiger partial charge in [-0.05, 0) is 48.7 Å². The highest BCUT2D eigenvalue weighted by atomic mass is 35.5. The fraction of sp³-hybridized carbons (Fsp3) is 0.238. The molecule has 2 aromatic carbocycles. The van der Waals surface area contributed by atoms with Crippen LogP contribution < -0.4 is 4.90 Å². The Balaban J connectivity index is 2.13. The summed E-state index contributed by atoms with van der Waals surface area (Å²) in [6, 6.07) is 9.54. The molecular formula is C21H19ClFNO2S. The molecule has 0 aromatic heterocycles. The number of carbonyl (C=O) groups is 2. The summed E-state index contributed by atoms with van der Waals surface area (Å²) in [6.07, 6.45) is 0. The van der Waals surface area contributed by atoms with Crippen molar-refractivity contribution in [1.82, 2.24) is 0 Å². The molecule has 6 heteroatoms. The Hall–Kier alpha value is -2.11. The van der Waals surface area contributed by atoms with Crippen molar-refractivity contribution in [2.24, 2.45) is 0 Å². The van der Waals surface area contributed by atoms with E-state index in [0.717, 1.165) is 22.1 Å². The number of thioether (sulfide) groups is 1. The smallest absolute Gasteiger partial charge is 0.268 e. The third kappa shape index (κ3) is 3.66. The van der Waals surface area contributed by atoms with Crippen LogP contribution in [-0.4, -0.2) is 17.1 Å². The molecule has 0 fully saturated rings. The first-order valence-corrected chi connectivity index (χ1v) is 9.79. The number of amides is 2. The molecule has 1 aliphatic rings. The number of hydrogen-bond donors (Lipinski definition) is 0. The molecule has 2 amide bonds. The van der Waals surface area contributed by atoms with Gasteiger partial charge < -0.3 is 0 Å². The second-order valence-corrected chi connectivity index (χ2v) is 8.71. The molecule has 1 aliphatic heterocycles. The molecule has 140 valence electrons. The van der Waals surface area contributed by atoms with E-state index in [2.05, 4.69) is 0 Å². The first-order valence-electron chi connectivity index (χ1n) is 8.53. The summed E-state index contributed by atoms with van der Waals surface area (Å²) >= 11 is 7.21. The Morgan fingerprint density at radius 2 is 1.70 bits per heavy atom. The maximum absolute atomic E-state index is 13.5. The number of nitrogens with zero attached hydrogens (tertiary/aromatic N) is 1. The Labute approximate surface area is 167 Å². The van der Waals surface area contributed by atoms with Gasteiger partial charge in [-0.25, -0.2) is 9.29 Å². The SMILES string of the molecule is Cc1ccc(C2=C(SC(C)C)C(=O)N(c3ccc(F)c(Cl)c3)C2=O)cc1C. The van der Waals surface area contributed by atoms with Gasteiger partial charge in [0.15, 0.2) is 0 Å². The highest BCUT2D eigenvalue weighted by Crippen LogP contribution is 2.40. The van der Waals surface area contributed by atoms with Crippen LogP contribution in [0.3, 0.4) is 0 Å². The lowest BCUT2D eigenvalue weighted by Gasteiger charge is -2.16. The van der Waals surface area contributed by atoms with Crippen molar-refractivity contribution in [2.75, 3.05) is 4.90 Å². The highest BCUT2D eigenvalue weighted by Gasteiger charge is 2.40. The van der Waals surface area contributed by atoms with Crippen molar-refractivity contribution < 1.29 is 14.0 Å². The van der Waals surface area contributed by atoms with Crippen LogP contribution in [0.4, 0.5) is 10.1 Å². The Bertz CT molecular complexity index is 984. The van der Waals surface area contributed by atoms with Gasteiger partial charge in [0.1, 0.15) is 5.82 Å². The standard InChI is InChI=1S/C21H19ClFNO2S/c1-11(2)27-19-18(14-6-5-12(3)13(4)9-14)20(25)24(21(19)26)15-7-8-17(23)16(22)10-15/h5-11H,1-4H3. The predicted molar refractivity (Wildman–Crippen MR) is 109 cm³/mol. The van der Waals surface area contributed by atoms with E-state index in [9.17, 15) is 14.0 Å².